The van der Waals surface area contributed by atoms with Crippen molar-refractivity contribution in [1.29, 1.82) is 0 Å². The number of benzene rings is 3. The molecule has 3 heterocycles. The minimum atomic E-state index is -1.20. The maximum atomic E-state index is 14.0. The van der Waals surface area contributed by atoms with Crippen molar-refractivity contribution in [3.05, 3.63) is 107 Å². The summed E-state index contributed by atoms with van der Waals surface area (Å²) in [5, 5.41) is 0. The minimum absolute atomic E-state index is 0.102. The molecule has 7 nitrogen and oxygen atoms in total. The Labute approximate surface area is 214 Å². The first-order chi connectivity index (χ1) is 18.0. The van der Waals surface area contributed by atoms with Gasteiger partial charge >= 0.3 is 11.9 Å². The third-order valence-electron chi connectivity index (χ3n) is 9.08. The average molecular weight is 495 g/mol. The van der Waals surface area contributed by atoms with Gasteiger partial charge in [0.25, 0.3) is 5.91 Å². The number of rotatable bonds is 5. The van der Waals surface area contributed by atoms with Gasteiger partial charge in [0, 0.05) is 23.9 Å². The molecule has 0 aromatic heterocycles. The number of likely N-dealkylation sites (tertiary alicyclic amines) is 1. The van der Waals surface area contributed by atoms with Crippen molar-refractivity contribution in [3.63, 3.8) is 0 Å². The lowest BCUT2D eigenvalue weighted by molar-refractivity contribution is -0.162. The Balaban J connectivity index is 1.41. The van der Waals surface area contributed by atoms with Crippen LogP contribution in [-0.4, -0.2) is 52.9 Å². The van der Waals surface area contributed by atoms with E-state index in [1.807, 2.05) is 82.6 Å². The second kappa shape index (κ2) is 7.52. The molecule has 1 unspecified atom stereocenters. The number of fused-ring (bicyclic) bond motifs is 11. The molecule has 3 aromatic rings. The van der Waals surface area contributed by atoms with Crippen LogP contribution in [0.5, 0.6) is 0 Å². The molecule has 0 spiro atoms. The Bertz CT molecular complexity index is 1380. The average Bonchev–Trinajstić information content (AvgIpc) is 3.14. The van der Waals surface area contributed by atoms with Gasteiger partial charge < -0.3 is 14.4 Å². The van der Waals surface area contributed by atoms with Crippen molar-refractivity contribution in [2.45, 2.75) is 29.7 Å². The van der Waals surface area contributed by atoms with Crippen LogP contribution in [0.15, 0.2) is 84.9 Å². The third kappa shape index (κ3) is 2.39. The van der Waals surface area contributed by atoms with E-state index >= 15 is 0 Å². The summed E-state index contributed by atoms with van der Waals surface area (Å²) in [5.41, 5.74) is 1.25. The number of methoxy groups -OCH3 is 2. The lowest BCUT2D eigenvalue weighted by Gasteiger charge is -2.46. The van der Waals surface area contributed by atoms with Crippen LogP contribution < -0.4 is 0 Å². The number of esters is 2. The van der Waals surface area contributed by atoms with Crippen LogP contribution in [0.25, 0.3) is 0 Å². The SMILES string of the molecule is COC(=O)[C@@]12[C@@H]3[C@@H]([C@H]4c5ccccc5[C@@H]3N4C(=O)c3ccccc3)[C@]1(C(=O)OC)N2Cc1ccccc1. The summed E-state index contributed by atoms with van der Waals surface area (Å²) in [6.07, 6.45) is 0. The molecule has 3 aliphatic heterocycles. The van der Waals surface area contributed by atoms with Crippen molar-refractivity contribution in [2.75, 3.05) is 14.2 Å². The molecule has 7 atom stereocenters. The number of hydrogen-bond acceptors (Lipinski definition) is 6. The molecule has 2 bridgehead atoms. The molecule has 2 saturated heterocycles. The Kier molecular flexibility index (Phi) is 4.52. The second-order valence-corrected chi connectivity index (χ2v) is 10.2. The number of carbonyl (C=O) groups excluding carboxylic acids is 3. The highest BCUT2D eigenvalue weighted by Crippen LogP contribution is 2.84. The molecule has 3 fully saturated rings. The summed E-state index contributed by atoms with van der Waals surface area (Å²) in [5.74, 6) is -1.60. The molecule has 4 aliphatic rings. The van der Waals surface area contributed by atoms with Crippen LogP contribution in [0.2, 0.25) is 0 Å². The van der Waals surface area contributed by atoms with Crippen molar-refractivity contribution in [2.24, 2.45) is 11.8 Å². The van der Waals surface area contributed by atoms with Gasteiger partial charge in [0.1, 0.15) is 0 Å². The number of hydrogen-bond donors (Lipinski definition) is 0. The molecule has 1 amide bonds. The molecule has 1 saturated carbocycles. The van der Waals surface area contributed by atoms with Crippen LogP contribution in [0, 0.1) is 11.8 Å². The summed E-state index contributed by atoms with van der Waals surface area (Å²) in [6, 6.07) is 26.3. The molecule has 0 radical (unpaired) electrons. The summed E-state index contributed by atoms with van der Waals surface area (Å²) < 4.78 is 10.8. The van der Waals surface area contributed by atoms with Crippen LogP contribution in [0.4, 0.5) is 0 Å². The first-order valence-electron chi connectivity index (χ1n) is 12.5. The third-order valence-corrected chi connectivity index (χ3v) is 9.08. The zero-order valence-electron chi connectivity index (χ0n) is 20.5. The number of ether oxygens (including phenoxy) is 2. The molecular weight excluding hydrogens is 468 g/mol. The van der Waals surface area contributed by atoms with E-state index in [4.69, 9.17) is 9.47 Å². The van der Waals surface area contributed by atoms with E-state index in [9.17, 15) is 14.4 Å². The number of amides is 1. The molecule has 7 rings (SSSR count). The smallest absolute Gasteiger partial charge is 0.329 e. The lowest BCUT2D eigenvalue weighted by Crippen LogP contribution is -2.64. The van der Waals surface area contributed by atoms with E-state index in [2.05, 4.69) is 0 Å². The largest absolute Gasteiger partial charge is 0.468 e. The first kappa shape index (κ1) is 22.2. The van der Waals surface area contributed by atoms with E-state index in [0.717, 1.165) is 16.7 Å². The quantitative estimate of drug-likeness (QED) is 0.307. The van der Waals surface area contributed by atoms with Crippen LogP contribution in [0.3, 0.4) is 0 Å². The van der Waals surface area contributed by atoms with Gasteiger partial charge in [-0.05, 0) is 28.8 Å². The van der Waals surface area contributed by atoms with Gasteiger partial charge in [-0.1, -0.05) is 72.8 Å². The fourth-order valence-corrected chi connectivity index (χ4v) is 7.97. The predicted molar refractivity (Wildman–Crippen MR) is 133 cm³/mol. The van der Waals surface area contributed by atoms with Gasteiger partial charge in [0.15, 0.2) is 11.1 Å². The molecule has 0 N–H and O–H groups in total. The van der Waals surface area contributed by atoms with Gasteiger partial charge in [0.05, 0.1) is 26.3 Å². The van der Waals surface area contributed by atoms with Gasteiger partial charge in [0.2, 0.25) is 0 Å². The monoisotopic (exact) mass is 494 g/mol. The van der Waals surface area contributed by atoms with Crippen molar-refractivity contribution < 1.29 is 23.9 Å². The Hall–Kier alpha value is -3.97. The minimum Gasteiger partial charge on any atom is -0.468 e. The highest BCUT2D eigenvalue weighted by atomic mass is 16.5. The number of carbonyl (C=O) groups is 3. The molecule has 1 aliphatic carbocycles. The van der Waals surface area contributed by atoms with Crippen molar-refractivity contribution in [3.8, 4) is 0 Å². The maximum Gasteiger partial charge on any atom is 0.329 e. The van der Waals surface area contributed by atoms with Gasteiger partial charge in [-0.15, -0.1) is 0 Å². The second-order valence-electron chi connectivity index (χ2n) is 10.2. The lowest BCUT2D eigenvalue weighted by atomic mass is 9.51. The standard InChI is InChI=1S/C30H26N2O5/c1-36-27(34)29-22-23(30(29,28(35)37-2)31(29)17-18-11-5-3-6-12-18)25-21-16-10-9-15-20(21)24(22)32(25)26(33)19-13-7-4-8-14-19/h3-16,22-25H,17H2,1-2H3/t22-,23+,24+,25-,29+,30-,31?. The van der Waals surface area contributed by atoms with E-state index in [0.29, 0.717) is 12.1 Å². The van der Waals surface area contributed by atoms with Crippen molar-refractivity contribution >= 4 is 17.8 Å². The Morgan fingerprint density at radius 2 is 1.16 bits per heavy atom. The summed E-state index contributed by atoms with van der Waals surface area (Å²) in [6.45, 7) is 0.403. The van der Waals surface area contributed by atoms with E-state index in [1.54, 1.807) is 12.1 Å². The highest BCUT2D eigenvalue weighted by molar-refractivity contribution is 6.07. The molecule has 7 heteroatoms. The normalized spacial score (nSPS) is 33.5. The van der Waals surface area contributed by atoms with Gasteiger partial charge in [-0.2, -0.15) is 0 Å². The molecule has 3 aromatic carbocycles. The van der Waals surface area contributed by atoms with E-state index in [-0.39, 0.29) is 29.8 Å². The fraction of sp³-hybridized carbons (Fsp3) is 0.300. The summed E-state index contributed by atoms with van der Waals surface area (Å²) in [7, 11) is 2.72. The van der Waals surface area contributed by atoms with E-state index < -0.39 is 23.0 Å². The number of nitrogens with zero attached hydrogens (tertiary/aromatic N) is 2. The topological polar surface area (TPSA) is 75.9 Å². The zero-order valence-corrected chi connectivity index (χ0v) is 20.5. The van der Waals surface area contributed by atoms with Crippen LogP contribution in [0.1, 0.15) is 39.1 Å². The maximum absolute atomic E-state index is 14.0. The molecule has 186 valence electrons. The highest BCUT2D eigenvalue weighted by Gasteiger charge is 3.02. The fourth-order valence-electron chi connectivity index (χ4n) is 7.97. The Morgan fingerprint density at radius 1 is 0.703 bits per heavy atom. The molecule has 37 heavy (non-hydrogen) atoms. The first-order valence-corrected chi connectivity index (χ1v) is 12.5. The van der Waals surface area contributed by atoms with Crippen LogP contribution >= 0.6 is 0 Å². The predicted octanol–water partition coefficient (Wildman–Crippen LogP) is 3.52. The Morgan fingerprint density at radius 3 is 1.65 bits per heavy atom. The van der Waals surface area contributed by atoms with Crippen molar-refractivity contribution in [1.82, 2.24) is 9.80 Å². The molecular formula is C30H26N2O5. The van der Waals surface area contributed by atoms with Crippen LogP contribution in [-0.2, 0) is 25.6 Å². The summed E-state index contributed by atoms with van der Waals surface area (Å²) >= 11 is 0. The van der Waals surface area contributed by atoms with Gasteiger partial charge in [-0.3, -0.25) is 9.69 Å². The van der Waals surface area contributed by atoms with Gasteiger partial charge in [-0.25, -0.2) is 9.59 Å². The zero-order chi connectivity index (χ0) is 25.5. The van der Waals surface area contributed by atoms with E-state index in [1.165, 1.54) is 14.2 Å². The summed E-state index contributed by atoms with van der Waals surface area (Å²) in [4.78, 5) is 45.2.